The number of nitrogens with one attached hydrogen (secondary N) is 1. The Labute approximate surface area is 119 Å². The van der Waals surface area contributed by atoms with Crippen molar-refractivity contribution in [3.8, 4) is 0 Å². The third kappa shape index (κ3) is 4.46. The molecule has 110 valence electrons. The average molecular weight is 264 g/mol. The van der Waals surface area contributed by atoms with Crippen molar-refractivity contribution in [3.05, 3.63) is 0 Å². The molecule has 0 radical (unpaired) electrons. The third-order valence-electron chi connectivity index (χ3n) is 5.63. The van der Waals surface area contributed by atoms with Crippen LogP contribution in [0.15, 0.2) is 0 Å². The molecule has 1 unspecified atom stereocenters. The second kappa shape index (κ2) is 6.58. The summed E-state index contributed by atoms with van der Waals surface area (Å²) in [4.78, 5) is 2.73. The SMILES string of the molecule is CC1CCC(CCN2CCC(CNC3CC3)C2)CC1. The predicted molar refractivity (Wildman–Crippen MR) is 81.3 cm³/mol. The summed E-state index contributed by atoms with van der Waals surface area (Å²) < 4.78 is 0. The van der Waals surface area contributed by atoms with Crippen LogP contribution >= 0.6 is 0 Å². The highest BCUT2D eigenvalue weighted by atomic mass is 15.1. The normalized spacial score (nSPS) is 36.8. The van der Waals surface area contributed by atoms with Crippen molar-refractivity contribution in [2.24, 2.45) is 17.8 Å². The fourth-order valence-corrected chi connectivity index (χ4v) is 3.89. The minimum atomic E-state index is 0.887. The molecule has 3 aliphatic rings. The molecule has 1 heterocycles. The Kier molecular flexibility index (Phi) is 4.81. The molecule has 2 aliphatic carbocycles. The number of nitrogens with zero attached hydrogens (tertiary/aromatic N) is 1. The first-order valence-corrected chi connectivity index (χ1v) is 8.75. The Morgan fingerprint density at radius 3 is 2.47 bits per heavy atom. The number of rotatable bonds is 6. The standard InChI is InChI=1S/C17H32N2/c1-14-2-4-15(5-3-14)8-10-19-11-9-16(13-19)12-18-17-6-7-17/h14-18H,2-13H2,1H3. The molecule has 0 spiro atoms. The third-order valence-corrected chi connectivity index (χ3v) is 5.63. The molecular weight excluding hydrogens is 232 g/mol. The summed E-state index contributed by atoms with van der Waals surface area (Å²) in [5.74, 6) is 2.98. The highest BCUT2D eigenvalue weighted by Crippen LogP contribution is 2.31. The van der Waals surface area contributed by atoms with Crippen LogP contribution in [0.5, 0.6) is 0 Å². The number of hydrogen-bond acceptors (Lipinski definition) is 2. The second-order valence-corrected chi connectivity index (χ2v) is 7.55. The van der Waals surface area contributed by atoms with Crippen LogP contribution in [0, 0.1) is 17.8 Å². The maximum atomic E-state index is 3.70. The summed E-state index contributed by atoms with van der Waals surface area (Å²) in [6.45, 7) is 7.80. The van der Waals surface area contributed by atoms with E-state index in [4.69, 9.17) is 0 Å². The van der Waals surface area contributed by atoms with E-state index in [2.05, 4.69) is 17.1 Å². The molecular formula is C17H32N2. The van der Waals surface area contributed by atoms with Crippen molar-refractivity contribution in [3.63, 3.8) is 0 Å². The van der Waals surface area contributed by atoms with Crippen LogP contribution in [0.2, 0.25) is 0 Å². The van der Waals surface area contributed by atoms with Gasteiger partial charge in [-0.3, -0.25) is 0 Å². The van der Waals surface area contributed by atoms with Gasteiger partial charge in [-0.15, -0.1) is 0 Å². The van der Waals surface area contributed by atoms with Crippen LogP contribution in [-0.2, 0) is 0 Å². The molecule has 0 aromatic carbocycles. The van der Waals surface area contributed by atoms with Crippen LogP contribution in [0.3, 0.4) is 0 Å². The molecule has 3 fully saturated rings. The van der Waals surface area contributed by atoms with Crippen molar-refractivity contribution < 1.29 is 0 Å². The van der Waals surface area contributed by atoms with Gasteiger partial charge in [0.2, 0.25) is 0 Å². The molecule has 0 aromatic heterocycles. The second-order valence-electron chi connectivity index (χ2n) is 7.55. The van der Waals surface area contributed by atoms with Gasteiger partial charge < -0.3 is 10.2 Å². The van der Waals surface area contributed by atoms with Gasteiger partial charge in [0.25, 0.3) is 0 Å². The van der Waals surface area contributed by atoms with Crippen LogP contribution in [0.25, 0.3) is 0 Å². The van der Waals surface area contributed by atoms with Gasteiger partial charge in [-0.25, -0.2) is 0 Å². The van der Waals surface area contributed by atoms with Gasteiger partial charge >= 0.3 is 0 Å². The molecule has 0 aromatic rings. The lowest BCUT2D eigenvalue weighted by molar-refractivity contribution is 0.234. The van der Waals surface area contributed by atoms with E-state index < -0.39 is 0 Å². The number of likely N-dealkylation sites (tertiary alicyclic amines) is 1. The Morgan fingerprint density at radius 2 is 1.74 bits per heavy atom. The fraction of sp³-hybridized carbons (Fsp3) is 1.00. The van der Waals surface area contributed by atoms with Crippen molar-refractivity contribution in [2.45, 2.75) is 64.3 Å². The van der Waals surface area contributed by atoms with E-state index in [0.29, 0.717) is 0 Å². The van der Waals surface area contributed by atoms with Crippen LogP contribution in [0.1, 0.15) is 58.3 Å². The molecule has 1 aliphatic heterocycles. The van der Waals surface area contributed by atoms with Gasteiger partial charge in [-0.05, 0) is 63.1 Å². The molecule has 3 rings (SSSR count). The maximum Gasteiger partial charge on any atom is 0.00683 e. The van der Waals surface area contributed by atoms with Gasteiger partial charge in [0.1, 0.15) is 0 Å². The van der Waals surface area contributed by atoms with E-state index in [9.17, 15) is 0 Å². The van der Waals surface area contributed by atoms with Gasteiger partial charge in [0, 0.05) is 12.6 Å². The zero-order chi connectivity index (χ0) is 13.1. The van der Waals surface area contributed by atoms with E-state index >= 15 is 0 Å². The Hall–Kier alpha value is -0.0800. The van der Waals surface area contributed by atoms with Gasteiger partial charge in [0.15, 0.2) is 0 Å². The molecule has 0 bridgehead atoms. The van der Waals surface area contributed by atoms with Crippen molar-refractivity contribution in [1.82, 2.24) is 10.2 Å². The summed E-state index contributed by atoms with van der Waals surface area (Å²) in [6, 6.07) is 0.887. The molecule has 2 heteroatoms. The Morgan fingerprint density at radius 1 is 0.947 bits per heavy atom. The first-order chi connectivity index (χ1) is 9.29. The lowest BCUT2D eigenvalue weighted by atomic mass is 9.81. The minimum absolute atomic E-state index is 0.887. The van der Waals surface area contributed by atoms with Gasteiger partial charge in [-0.2, -0.15) is 0 Å². The van der Waals surface area contributed by atoms with Crippen LogP contribution < -0.4 is 5.32 Å². The van der Waals surface area contributed by atoms with Crippen LogP contribution in [0.4, 0.5) is 0 Å². The Balaban J connectivity index is 1.28. The molecule has 2 saturated carbocycles. The van der Waals surface area contributed by atoms with Crippen LogP contribution in [-0.4, -0.2) is 37.1 Å². The zero-order valence-corrected chi connectivity index (χ0v) is 12.7. The lowest BCUT2D eigenvalue weighted by Gasteiger charge is -2.27. The molecule has 1 N–H and O–H groups in total. The minimum Gasteiger partial charge on any atom is -0.314 e. The fourth-order valence-electron chi connectivity index (χ4n) is 3.89. The smallest absolute Gasteiger partial charge is 0.00683 e. The van der Waals surface area contributed by atoms with Crippen molar-refractivity contribution in [1.29, 1.82) is 0 Å². The Bertz CT molecular complexity index is 266. The topological polar surface area (TPSA) is 15.3 Å². The lowest BCUT2D eigenvalue weighted by Crippen LogP contribution is -2.29. The van der Waals surface area contributed by atoms with E-state index in [1.807, 2.05) is 0 Å². The van der Waals surface area contributed by atoms with Gasteiger partial charge in [-0.1, -0.05) is 32.6 Å². The van der Waals surface area contributed by atoms with E-state index in [1.54, 1.807) is 0 Å². The zero-order valence-electron chi connectivity index (χ0n) is 12.7. The quantitative estimate of drug-likeness (QED) is 0.792. The summed E-state index contributed by atoms with van der Waals surface area (Å²) in [7, 11) is 0. The first-order valence-electron chi connectivity index (χ1n) is 8.75. The molecule has 1 atom stereocenters. The van der Waals surface area contributed by atoms with Crippen molar-refractivity contribution in [2.75, 3.05) is 26.2 Å². The molecule has 1 saturated heterocycles. The summed E-state index contributed by atoms with van der Waals surface area (Å²) in [5, 5.41) is 3.70. The van der Waals surface area contributed by atoms with E-state index in [-0.39, 0.29) is 0 Å². The first kappa shape index (κ1) is 13.9. The predicted octanol–water partition coefficient (Wildman–Crippen LogP) is 3.28. The highest BCUT2D eigenvalue weighted by Gasteiger charge is 2.26. The van der Waals surface area contributed by atoms with Gasteiger partial charge in [0.05, 0.1) is 0 Å². The molecule has 2 nitrogen and oxygen atoms in total. The largest absolute Gasteiger partial charge is 0.314 e. The molecule has 19 heavy (non-hydrogen) atoms. The van der Waals surface area contributed by atoms with E-state index in [0.717, 1.165) is 23.8 Å². The number of hydrogen-bond donors (Lipinski definition) is 1. The summed E-state index contributed by atoms with van der Waals surface area (Å²) in [5.41, 5.74) is 0. The highest BCUT2D eigenvalue weighted by molar-refractivity contribution is 4.84. The summed E-state index contributed by atoms with van der Waals surface area (Å²) >= 11 is 0. The monoisotopic (exact) mass is 264 g/mol. The average Bonchev–Trinajstić information content (AvgIpc) is 3.15. The maximum absolute atomic E-state index is 3.70. The summed E-state index contributed by atoms with van der Waals surface area (Å²) in [6.07, 6.45) is 11.7. The van der Waals surface area contributed by atoms with Crippen molar-refractivity contribution >= 4 is 0 Å². The molecule has 0 amide bonds. The van der Waals surface area contributed by atoms with E-state index in [1.165, 1.54) is 77.5 Å².